The van der Waals surface area contributed by atoms with Gasteiger partial charge in [0.15, 0.2) is 5.82 Å². The number of amides is 1. The summed E-state index contributed by atoms with van der Waals surface area (Å²) in [5, 5.41) is 17.1. The van der Waals surface area contributed by atoms with Crippen LogP contribution in [0.15, 0.2) is 35.4 Å². The van der Waals surface area contributed by atoms with E-state index in [2.05, 4.69) is 32.3 Å². The van der Waals surface area contributed by atoms with Crippen LogP contribution in [0.2, 0.25) is 0 Å². The highest BCUT2D eigenvalue weighted by molar-refractivity contribution is 6.03. The lowest BCUT2D eigenvalue weighted by atomic mass is 10.2. The average molecular weight is 284 g/mol. The normalized spacial score (nSPS) is 9.57. The van der Waals surface area contributed by atoms with Crippen LogP contribution in [0, 0.1) is 11.8 Å². The number of hydrogen-bond acceptors (Lipinski definition) is 5. The zero-order valence-corrected chi connectivity index (χ0v) is 11.0. The summed E-state index contributed by atoms with van der Waals surface area (Å²) >= 11 is 0. The Morgan fingerprint density at radius 3 is 2.95 bits per heavy atom. The van der Waals surface area contributed by atoms with Crippen molar-refractivity contribution in [2.75, 3.05) is 11.9 Å². The molecule has 0 unspecified atom stereocenters. The number of H-pyrrole nitrogens is 1. The highest BCUT2D eigenvalue weighted by Gasteiger charge is 2.07. The number of nitrogens with one attached hydrogen (secondary N) is 2. The molecule has 0 aromatic carbocycles. The molecule has 0 radical (unpaired) electrons. The summed E-state index contributed by atoms with van der Waals surface area (Å²) in [6, 6.07) is 4.24. The maximum absolute atomic E-state index is 12.0. The number of aromatic amines is 1. The molecule has 2 aromatic heterocycles. The molecule has 0 aliphatic rings. The molecule has 0 saturated carbocycles. The van der Waals surface area contributed by atoms with Crippen LogP contribution in [0.25, 0.3) is 0 Å². The van der Waals surface area contributed by atoms with Gasteiger partial charge < -0.3 is 10.4 Å². The zero-order chi connectivity index (χ0) is 15.1. The first-order chi connectivity index (χ1) is 10.2. The van der Waals surface area contributed by atoms with Crippen LogP contribution in [0.1, 0.15) is 22.3 Å². The largest absolute Gasteiger partial charge is 0.395 e. The van der Waals surface area contributed by atoms with Gasteiger partial charge in [0.2, 0.25) is 0 Å². The van der Waals surface area contributed by atoms with Crippen LogP contribution < -0.4 is 10.9 Å². The van der Waals surface area contributed by atoms with Gasteiger partial charge in [-0.15, -0.1) is 0 Å². The second kappa shape index (κ2) is 6.98. The number of aromatic nitrogens is 3. The van der Waals surface area contributed by atoms with Crippen LogP contribution in [-0.4, -0.2) is 32.8 Å². The van der Waals surface area contributed by atoms with E-state index in [0.717, 1.165) is 0 Å². The Bertz CT molecular complexity index is 738. The van der Waals surface area contributed by atoms with E-state index in [4.69, 9.17) is 5.11 Å². The van der Waals surface area contributed by atoms with Gasteiger partial charge >= 0.3 is 0 Å². The third-order valence-electron chi connectivity index (χ3n) is 2.39. The molecule has 0 aliphatic carbocycles. The second-order valence-electron chi connectivity index (χ2n) is 4.00. The predicted molar refractivity (Wildman–Crippen MR) is 75.6 cm³/mol. The lowest BCUT2D eigenvalue weighted by Gasteiger charge is -2.03. The number of carbonyl (C=O) groups is 1. The molecule has 0 fully saturated rings. The van der Waals surface area contributed by atoms with E-state index in [1.165, 1.54) is 24.5 Å². The maximum atomic E-state index is 12.0. The summed E-state index contributed by atoms with van der Waals surface area (Å²) in [5.41, 5.74) is 0.542. The number of nitrogens with zero attached hydrogens (tertiary/aromatic N) is 2. The van der Waals surface area contributed by atoms with E-state index in [1.807, 2.05) is 0 Å². The highest BCUT2D eigenvalue weighted by Crippen LogP contribution is 2.05. The second-order valence-corrected chi connectivity index (χ2v) is 4.00. The average Bonchev–Trinajstić information content (AvgIpc) is 2.50. The van der Waals surface area contributed by atoms with Gasteiger partial charge in [0.05, 0.1) is 12.2 Å². The van der Waals surface area contributed by atoms with Crippen LogP contribution in [-0.2, 0) is 0 Å². The molecular formula is C14H12N4O3. The minimum atomic E-state index is -0.409. The van der Waals surface area contributed by atoms with E-state index < -0.39 is 5.91 Å². The lowest BCUT2D eigenvalue weighted by molar-refractivity contribution is 0.102. The minimum absolute atomic E-state index is 0.0154. The lowest BCUT2D eigenvalue weighted by Crippen LogP contribution is -2.16. The van der Waals surface area contributed by atoms with Gasteiger partial charge in [0, 0.05) is 30.4 Å². The Kier molecular flexibility index (Phi) is 4.79. The summed E-state index contributed by atoms with van der Waals surface area (Å²) in [6.07, 6.45) is 3.29. The molecule has 2 rings (SSSR count). The molecule has 0 atom stereocenters. The number of aliphatic hydroxyl groups excluding tert-OH is 1. The summed E-state index contributed by atoms with van der Waals surface area (Å²) in [5.74, 6) is 5.37. The van der Waals surface area contributed by atoms with Gasteiger partial charge in [-0.1, -0.05) is 11.8 Å². The zero-order valence-electron chi connectivity index (χ0n) is 11.0. The molecule has 0 bridgehead atoms. The van der Waals surface area contributed by atoms with E-state index in [-0.39, 0.29) is 18.0 Å². The quantitative estimate of drug-likeness (QED) is 0.695. The van der Waals surface area contributed by atoms with E-state index >= 15 is 0 Å². The number of carbonyl (C=O) groups excluding carboxylic acids is 1. The van der Waals surface area contributed by atoms with Crippen molar-refractivity contribution >= 4 is 11.7 Å². The Morgan fingerprint density at radius 2 is 2.24 bits per heavy atom. The van der Waals surface area contributed by atoms with Gasteiger partial charge in [0.1, 0.15) is 0 Å². The fourth-order valence-corrected chi connectivity index (χ4v) is 1.46. The maximum Gasteiger partial charge on any atom is 0.264 e. The molecule has 0 spiro atoms. The van der Waals surface area contributed by atoms with Gasteiger partial charge in [-0.3, -0.25) is 14.6 Å². The van der Waals surface area contributed by atoms with Crippen molar-refractivity contribution in [2.24, 2.45) is 0 Å². The molecule has 3 N–H and O–H groups in total. The van der Waals surface area contributed by atoms with E-state index in [1.54, 1.807) is 6.07 Å². The van der Waals surface area contributed by atoms with Crippen molar-refractivity contribution in [3.8, 4) is 11.8 Å². The highest BCUT2D eigenvalue weighted by atomic mass is 16.2. The van der Waals surface area contributed by atoms with Crippen molar-refractivity contribution in [1.82, 2.24) is 15.2 Å². The van der Waals surface area contributed by atoms with Crippen LogP contribution in [0.3, 0.4) is 0 Å². The van der Waals surface area contributed by atoms with Gasteiger partial charge in [-0.05, 0) is 12.1 Å². The number of rotatable bonds is 3. The number of hydrogen-bond donors (Lipinski definition) is 3. The fourth-order valence-electron chi connectivity index (χ4n) is 1.46. The molecule has 1 amide bonds. The third-order valence-corrected chi connectivity index (χ3v) is 2.39. The molecule has 0 saturated heterocycles. The molecule has 106 valence electrons. The molecule has 2 heterocycles. The monoisotopic (exact) mass is 284 g/mol. The van der Waals surface area contributed by atoms with Crippen molar-refractivity contribution in [2.45, 2.75) is 6.42 Å². The number of aliphatic hydroxyl groups is 1. The van der Waals surface area contributed by atoms with Gasteiger partial charge in [-0.2, -0.15) is 5.10 Å². The summed E-state index contributed by atoms with van der Waals surface area (Å²) in [6.45, 7) is -0.0154. The summed E-state index contributed by atoms with van der Waals surface area (Å²) < 4.78 is 0. The molecule has 21 heavy (non-hydrogen) atoms. The molecular weight excluding hydrogens is 272 g/mol. The van der Waals surface area contributed by atoms with E-state index in [9.17, 15) is 9.59 Å². The van der Waals surface area contributed by atoms with Gasteiger partial charge in [0.25, 0.3) is 11.5 Å². The molecule has 7 nitrogen and oxygen atoms in total. The van der Waals surface area contributed by atoms with Crippen LogP contribution in [0.4, 0.5) is 5.82 Å². The topological polar surface area (TPSA) is 108 Å². The molecule has 7 heteroatoms. The van der Waals surface area contributed by atoms with Crippen molar-refractivity contribution < 1.29 is 9.90 Å². The van der Waals surface area contributed by atoms with Crippen LogP contribution >= 0.6 is 0 Å². The van der Waals surface area contributed by atoms with Crippen molar-refractivity contribution in [3.63, 3.8) is 0 Å². The summed E-state index contributed by atoms with van der Waals surface area (Å²) in [7, 11) is 0. The Hall–Kier alpha value is -2.98. The Balaban J connectivity index is 2.12. The fraction of sp³-hybridized carbons (Fsp3) is 0.143. The van der Waals surface area contributed by atoms with Crippen molar-refractivity contribution in [3.05, 3.63) is 52.1 Å². The number of pyridine rings is 1. The first kappa shape index (κ1) is 14.4. The minimum Gasteiger partial charge on any atom is -0.395 e. The molecule has 2 aromatic rings. The number of anilines is 1. The van der Waals surface area contributed by atoms with Gasteiger partial charge in [-0.25, -0.2) is 5.10 Å². The Labute approximate surface area is 120 Å². The summed E-state index contributed by atoms with van der Waals surface area (Å²) in [4.78, 5) is 26.8. The van der Waals surface area contributed by atoms with E-state index in [0.29, 0.717) is 17.5 Å². The third kappa shape index (κ3) is 4.26. The predicted octanol–water partition coefficient (Wildman–Crippen LogP) is 0.151. The first-order valence-electron chi connectivity index (χ1n) is 6.11. The smallest absolute Gasteiger partial charge is 0.264 e. The molecule has 0 aliphatic heterocycles. The van der Waals surface area contributed by atoms with Crippen LogP contribution in [0.5, 0.6) is 0 Å². The standard InChI is InChI=1S/C14H12N4O3/c19-6-2-1-3-10-7-11(9-15-8-10)14(21)16-12-4-5-13(20)18-17-12/h4-5,7-9,19H,2,6H2,(H,18,20)(H,16,17,21). The SMILES string of the molecule is O=C(Nc1ccc(=O)[nH]n1)c1cncc(C#CCCO)c1. The Morgan fingerprint density at radius 1 is 1.38 bits per heavy atom. The van der Waals surface area contributed by atoms with Crippen molar-refractivity contribution in [1.29, 1.82) is 0 Å². The first-order valence-corrected chi connectivity index (χ1v) is 6.11.